The van der Waals surface area contributed by atoms with Crippen molar-refractivity contribution >= 4 is 35.0 Å². The van der Waals surface area contributed by atoms with Crippen molar-refractivity contribution in [3.05, 3.63) is 23.8 Å². The van der Waals surface area contributed by atoms with E-state index in [-0.39, 0.29) is 18.6 Å². The molecule has 1 N–H and O–H groups in total. The molecule has 0 radical (unpaired) electrons. The quantitative estimate of drug-likeness (QED) is 0.421. The van der Waals surface area contributed by atoms with Crippen LogP contribution in [0.5, 0.6) is 11.5 Å². The molecular formula is C17H21N3O5S. The summed E-state index contributed by atoms with van der Waals surface area (Å²) in [6, 6.07) is 5.18. The van der Waals surface area contributed by atoms with Crippen molar-refractivity contribution in [3.63, 3.8) is 0 Å². The number of rotatable bonds is 8. The molecule has 140 valence electrons. The minimum Gasteiger partial charge on any atom is -0.490 e. The van der Waals surface area contributed by atoms with E-state index < -0.39 is 5.97 Å². The Morgan fingerprint density at radius 1 is 1.35 bits per heavy atom. The molecule has 0 aliphatic carbocycles. The summed E-state index contributed by atoms with van der Waals surface area (Å²) in [4.78, 5) is 22.7. The zero-order valence-corrected chi connectivity index (χ0v) is 15.7. The molecule has 0 spiro atoms. The summed E-state index contributed by atoms with van der Waals surface area (Å²) in [5.41, 5.74) is 0.740. The van der Waals surface area contributed by atoms with Crippen molar-refractivity contribution in [3.8, 4) is 11.5 Å². The number of carbonyl (C=O) groups is 2. The second kappa shape index (κ2) is 9.81. The van der Waals surface area contributed by atoms with Gasteiger partial charge in [0.2, 0.25) is 5.91 Å². The van der Waals surface area contributed by atoms with Crippen molar-refractivity contribution in [1.82, 2.24) is 5.32 Å². The van der Waals surface area contributed by atoms with E-state index in [9.17, 15) is 9.59 Å². The van der Waals surface area contributed by atoms with Crippen LogP contribution in [0, 0.1) is 0 Å². The average Bonchev–Trinajstić information content (AvgIpc) is 2.99. The van der Waals surface area contributed by atoms with Gasteiger partial charge < -0.3 is 19.5 Å². The van der Waals surface area contributed by atoms with Crippen molar-refractivity contribution in [2.75, 3.05) is 19.0 Å². The number of hydrogen-bond donors (Lipinski definition) is 1. The van der Waals surface area contributed by atoms with Crippen LogP contribution < -0.4 is 14.8 Å². The summed E-state index contributed by atoms with van der Waals surface area (Å²) >= 11 is 1.30. The Labute approximate surface area is 156 Å². The molecule has 9 heteroatoms. The second-order valence-corrected chi connectivity index (χ2v) is 6.42. The third kappa shape index (κ3) is 6.40. The highest BCUT2D eigenvalue weighted by Crippen LogP contribution is 2.28. The van der Waals surface area contributed by atoms with Gasteiger partial charge in [0, 0.05) is 0 Å². The molecule has 1 aromatic carbocycles. The number of nitrogens with zero attached hydrogens (tertiary/aromatic N) is 2. The van der Waals surface area contributed by atoms with Crippen LogP contribution in [0.3, 0.4) is 0 Å². The Balaban J connectivity index is 2.02. The predicted octanol–water partition coefficient (Wildman–Crippen LogP) is 1.97. The topological polar surface area (TPSA) is 98.6 Å². The zero-order chi connectivity index (χ0) is 18.9. The third-order valence-electron chi connectivity index (χ3n) is 2.92. The summed E-state index contributed by atoms with van der Waals surface area (Å²) < 4.78 is 16.1. The highest BCUT2D eigenvalue weighted by molar-refractivity contribution is 8.15. The van der Waals surface area contributed by atoms with Gasteiger partial charge in [0.15, 0.2) is 23.3 Å². The molecule has 1 fully saturated rings. The largest absolute Gasteiger partial charge is 0.490 e. The van der Waals surface area contributed by atoms with Crippen molar-refractivity contribution in [2.24, 2.45) is 10.2 Å². The fourth-order valence-corrected chi connectivity index (χ4v) is 2.58. The molecule has 26 heavy (non-hydrogen) atoms. The lowest BCUT2D eigenvalue weighted by Gasteiger charge is -2.13. The first kappa shape index (κ1) is 19.8. The first-order valence-electron chi connectivity index (χ1n) is 8.10. The molecule has 1 aliphatic heterocycles. The monoisotopic (exact) mass is 379 g/mol. The second-order valence-electron chi connectivity index (χ2n) is 5.45. The SMILES string of the molecule is CCOc1cc(C=NN=C2NC(=O)CS2)ccc1OCC(=O)OC(C)C. The number of thioether (sulfide) groups is 1. The van der Waals surface area contributed by atoms with E-state index in [2.05, 4.69) is 15.5 Å². The fraction of sp³-hybridized carbons (Fsp3) is 0.412. The first-order valence-corrected chi connectivity index (χ1v) is 9.09. The maximum atomic E-state index is 11.6. The zero-order valence-electron chi connectivity index (χ0n) is 14.9. The average molecular weight is 379 g/mol. The minimum absolute atomic E-state index is 0.0833. The van der Waals surface area contributed by atoms with Gasteiger partial charge in [-0.3, -0.25) is 4.79 Å². The van der Waals surface area contributed by atoms with Crippen LogP contribution in [-0.2, 0) is 14.3 Å². The molecular weight excluding hydrogens is 358 g/mol. The Morgan fingerprint density at radius 3 is 2.81 bits per heavy atom. The molecule has 1 aliphatic rings. The molecule has 8 nitrogen and oxygen atoms in total. The normalized spacial score (nSPS) is 15.5. The van der Waals surface area contributed by atoms with E-state index in [1.165, 1.54) is 18.0 Å². The number of carbonyl (C=O) groups excluding carboxylic acids is 2. The number of amidine groups is 1. The van der Waals surface area contributed by atoms with Gasteiger partial charge in [0.1, 0.15) is 0 Å². The van der Waals surface area contributed by atoms with Gasteiger partial charge in [-0.15, -0.1) is 5.10 Å². The minimum atomic E-state index is -0.444. The van der Waals surface area contributed by atoms with E-state index in [4.69, 9.17) is 14.2 Å². The molecule has 0 bridgehead atoms. The third-order valence-corrected chi connectivity index (χ3v) is 3.79. The van der Waals surface area contributed by atoms with Crippen LogP contribution in [0.25, 0.3) is 0 Å². The van der Waals surface area contributed by atoms with Crippen LogP contribution in [0.1, 0.15) is 26.3 Å². The lowest BCUT2D eigenvalue weighted by molar-refractivity contribution is -0.149. The summed E-state index contributed by atoms with van der Waals surface area (Å²) in [5.74, 6) is 0.758. The summed E-state index contributed by atoms with van der Waals surface area (Å²) in [6.45, 7) is 5.64. The molecule has 1 aromatic rings. The predicted molar refractivity (Wildman–Crippen MR) is 100.0 cm³/mol. The van der Waals surface area contributed by atoms with E-state index in [0.717, 1.165) is 5.56 Å². The molecule has 2 rings (SSSR count). The highest BCUT2D eigenvalue weighted by Gasteiger charge is 2.16. The summed E-state index contributed by atoms with van der Waals surface area (Å²) in [7, 11) is 0. The molecule has 0 aromatic heterocycles. The summed E-state index contributed by atoms with van der Waals surface area (Å²) in [6.07, 6.45) is 1.35. The molecule has 0 unspecified atom stereocenters. The highest BCUT2D eigenvalue weighted by atomic mass is 32.2. The molecule has 1 heterocycles. The van der Waals surface area contributed by atoms with E-state index >= 15 is 0 Å². The van der Waals surface area contributed by atoms with E-state index in [1.807, 2.05) is 6.92 Å². The van der Waals surface area contributed by atoms with Gasteiger partial charge in [-0.2, -0.15) is 5.10 Å². The van der Waals surface area contributed by atoms with Crippen LogP contribution in [0.4, 0.5) is 0 Å². The van der Waals surface area contributed by atoms with Gasteiger partial charge in [0.25, 0.3) is 0 Å². The smallest absolute Gasteiger partial charge is 0.344 e. The summed E-state index contributed by atoms with van der Waals surface area (Å²) in [5, 5.41) is 11.0. The lowest BCUT2D eigenvalue weighted by atomic mass is 10.2. The fourth-order valence-electron chi connectivity index (χ4n) is 1.95. The van der Waals surface area contributed by atoms with Gasteiger partial charge in [-0.05, 0) is 44.5 Å². The van der Waals surface area contributed by atoms with Crippen LogP contribution in [0.2, 0.25) is 0 Å². The molecule has 0 atom stereocenters. The number of benzene rings is 1. The van der Waals surface area contributed by atoms with Gasteiger partial charge in [-0.25, -0.2) is 4.79 Å². The Morgan fingerprint density at radius 2 is 2.15 bits per heavy atom. The maximum Gasteiger partial charge on any atom is 0.344 e. The lowest BCUT2D eigenvalue weighted by Crippen LogP contribution is -2.19. The molecule has 0 saturated carbocycles. The number of amides is 1. The number of hydrogen-bond acceptors (Lipinski definition) is 8. The Kier molecular flexibility index (Phi) is 7.46. The van der Waals surface area contributed by atoms with Crippen molar-refractivity contribution in [2.45, 2.75) is 26.9 Å². The van der Waals surface area contributed by atoms with Gasteiger partial charge >= 0.3 is 5.97 Å². The standard InChI is InChI=1S/C17H21N3O5S/c1-4-23-14-7-12(8-18-20-17-19-15(21)10-26-17)5-6-13(14)24-9-16(22)25-11(2)3/h5-8,11H,4,9-10H2,1-3H3,(H,19,20,21). The van der Waals surface area contributed by atoms with Gasteiger partial charge in [0.05, 0.1) is 24.7 Å². The van der Waals surface area contributed by atoms with E-state index in [1.54, 1.807) is 32.0 Å². The molecule has 1 amide bonds. The van der Waals surface area contributed by atoms with Crippen LogP contribution >= 0.6 is 11.8 Å². The van der Waals surface area contributed by atoms with Crippen LogP contribution in [-0.4, -0.2) is 48.3 Å². The number of nitrogens with one attached hydrogen (secondary N) is 1. The van der Waals surface area contributed by atoms with Crippen molar-refractivity contribution in [1.29, 1.82) is 0 Å². The Bertz CT molecular complexity index is 718. The Hall–Kier alpha value is -2.55. The number of ether oxygens (including phenoxy) is 3. The van der Waals surface area contributed by atoms with Crippen LogP contribution in [0.15, 0.2) is 28.4 Å². The number of esters is 1. The van der Waals surface area contributed by atoms with Gasteiger partial charge in [-0.1, -0.05) is 11.8 Å². The van der Waals surface area contributed by atoms with Crippen molar-refractivity contribution < 1.29 is 23.8 Å². The maximum absolute atomic E-state index is 11.6. The first-order chi connectivity index (χ1) is 12.5. The molecule has 1 saturated heterocycles. The van der Waals surface area contributed by atoms with E-state index in [0.29, 0.717) is 29.0 Å².